The van der Waals surface area contributed by atoms with Crippen LogP contribution in [0.3, 0.4) is 0 Å². The fraction of sp³-hybridized carbons (Fsp3) is 0.111. The highest BCUT2D eigenvalue weighted by Crippen LogP contribution is 2.19. The van der Waals surface area contributed by atoms with Crippen molar-refractivity contribution in [2.45, 2.75) is 6.42 Å². The normalized spacial score (nSPS) is 10.2. The first-order valence-electron chi connectivity index (χ1n) is 4.52. The average molecular weight is 236 g/mol. The number of nitrogens with one attached hydrogen (secondary N) is 2. The lowest BCUT2D eigenvalue weighted by molar-refractivity contribution is -0.385. The van der Waals surface area contributed by atoms with Crippen molar-refractivity contribution in [3.8, 4) is 0 Å². The highest BCUT2D eigenvalue weighted by atomic mass is 32.1. The standard InChI is InChI=1S/C9H8N4O2S/c14-13(15)7-4-2-1-3-6(7)5-8-10-9(16)12-11-8/h1-4H,5H2,(H2,10,11,12,16). The maximum absolute atomic E-state index is 10.8. The van der Waals surface area contributed by atoms with Gasteiger partial charge in [-0.3, -0.25) is 20.3 Å². The van der Waals surface area contributed by atoms with E-state index < -0.39 is 4.92 Å². The van der Waals surface area contributed by atoms with E-state index in [1.54, 1.807) is 18.2 Å². The van der Waals surface area contributed by atoms with Gasteiger partial charge in [0.2, 0.25) is 4.77 Å². The van der Waals surface area contributed by atoms with Crippen molar-refractivity contribution >= 4 is 17.9 Å². The molecule has 0 atom stereocenters. The third-order valence-electron chi connectivity index (χ3n) is 2.10. The number of aromatic nitrogens is 3. The SMILES string of the molecule is O=[N+]([O-])c1ccccc1Cc1nc(=S)[nH][nH]1. The summed E-state index contributed by atoms with van der Waals surface area (Å²) in [5.74, 6) is 0.583. The number of nitrogens with zero attached hydrogens (tertiary/aromatic N) is 2. The number of H-pyrrole nitrogens is 2. The van der Waals surface area contributed by atoms with E-state index in [0.29, 0.717) is 22.6 Å². The minimum absolute atomic E-state index is 0.0878. The van der Waals surface area contributed by atoms with E-state index in [1.165, 1.54) is 6.07 Å². The van der Waals surface area contributed by atoms with Gasteiger partial charge >= 0.3 is 0 Å². The van der Waals surface area contributed by atoms with Crippen molar-refractivity contribution in [1.29, 1.82) is 0 Å². The van der Waals surface area contributed by atoms with Gasteiger partial charge in [0, 0.05) is 18.1 Å². The molecule has 0 fully saturated rings. The Balaban J connectivity index is 2.34. The molecule has 7 heteroatoms. The quantitative estimate of drug-likeness (QED) is 0.484. The summed E-state index contributed by atoms with van der Waals surface area (Å²) in [4.78, 5) is 14.3. The molecule has 0 radical (unpaired) electrons. The maximum atomic E-state index is 10.8. The minimum atomic E-state index is -0.406. The monoisotopic (exact) mass is 236 g/mol. The second kappa shape index (κ2) is 4.23. The van der Waals surface area contributed by atoms with Crippen LogP contribution in [-0.4, -0.2) is 20.1 Å². The summed E-state index contributed by atoms with van der Waals surface area (Å²) in [7, 11) is 0. The van der Waals surface area contributed by atoms with Crippen molar-refractivity contribution in [2.75, 3.05) is 0 Å². The van der Waals surface area contributed by atoms with E-state index in [-0.39, 0.29) is 5.69 Å². The van der Waals surface area contributed by atoms with Crippen LogP contribution in [0.5, 0.6) is 0 Å². The van der Waals surface area contributed by atoms with Crippen LogP contribution in [0.4, 0.5) is 5.69 Å². The van der Waals surface area contributed by atoms with E-state index in [4.69, 9.17) is 12.2 Å². The summed E-state index contributed by atoms with van der Waals surface area (Å²) in [6.45, 7) is 0. The number of nitro groups is 1. The van der Waals surface area contributed by atoms with Gasteiger partial charge in [0.05, 0.1) is 4.92 Å². The Morgan fingerprint density at radius 1 is 1.38 bits per heavy atom. The molecule has 0 amide bonds. The summed E-state index contributed by atoms with van der Waals surface area (Å²) >= 11 is 4.80. The molecule has 1 aromatic carbocycles. The topological polar surface area (TPSA) is 87.6 Å². The Kier molecular flexibility index (Phi) is 2.78. The molecule has 0 aliphatic heterocycles. The lowest BCUT2D eigenvalue weighted by atomic mass is 10.1. The second-order valence-electron chi connectivity index (χ2n) is 3.18. The number of benzene rings is 1. The van der Waals surface area contributed by atoms with Gasteiger partial charge in [0.1, 0.15) is 5.82 Å². The molecule has 0 saturated carbocycles. The van der Waals surface area contributed by atoms with Crippen molar-refractivity contribution < 1.29 is 4.92 Å². The van der Waals surface area contributed by atoms with Crippen LogP contribution in [0.1, 0.15) is 11.4 Å². The van der Waals surface area contributed by atoms with Gasteiger partial charge in [0.15, 0.2) is 0 Å². The Labute approximate surface area is 95.5 Å². The predicted octanol–water partition coefficient (Wildman–Crippen LogP) is 1.97. The third-order valence-corrected chi connectivity index (χ3v) is 2.29. The number of para-hydroxylation sites is 1. The number of nitro benzene ring substituents is 1. The molecule has 6 nitrogen and oxygen atoms in total. The zero-order chi connectivity index (χ0) is 11.5. The number of hydrogen-bond acceptors (Lipinski definition) is 4. The summed E-state index contributed by atoms with van der Waals surface area (Å²) in [6.07, 6.45) is 0.351. The molecule has 0 bridgehead atoms. The second-order valence-corrected chi connectivity index (χ2v) is 3.56. The van der Waals surface area contributed by atoms with Crippen LogP contribution in [0.25, 0.3) is 0 Å². The van der Waals surface area contributed by atoms with Crippen LogP contribution in [-0.2, 0) is 6.42 Å². The molecule has 2 N–H and O–H groups in total. The lowest BCUT2D eigenvalue weighted by Gasteiger charge is -1.99. The summed E-state index contributed by atoms with van der Waals surface area (Å²) in [5.41, 5.74) is 0.690. The molecule has 0 aliphatic rings. The van der Waals surface area contributed by atoms with Crippen LogP contribution >= 0.6 is 12.2 Å². The van der Waals surface area contributed by atoms with Crippen molar-refractivity contribution in [3.63, 3.8) is 0 Å². The fourth-order valence-electron chi connectivity index (χ4n) is 1.41. The molecule has 0 aliphatic carbocycles. The van der Waals surface area contributed by atoms with E-state index in [1.807, 2.05) is 0 Å². The average Bonchev–Trinajstić information content (AvgIpc) is 2.64. The molecular formula is C9H8N4O2S. The lowest BCUT2D eigenvalue weighted by Crippen LogP contribution is -1.97. The first-order chi connectivity index (χ1) is 7.66. The molecule has 1 aromatic heterocycles. The first kappa shape index (κ1) is 10.5. The van der Waals surface area contributed by atoms with Gasteiger partial charge in [-0.25, -0.2) is 4.98 Å². The summed E-state index contributed by atoms with van der Waals surface area (Å²) in [5, 5.41) is 16.2. The van der Waals surface area contributed by atoms with Crippen LogP contribution < -0.4 is 0 Å². The molecule has 16 heavy (non-hydrogen) atoms. The van der Waals surface area contributed by atoms with Crippen LogP contribution in [0, 0.1) is 14.9 Å². The smallest absolute Gasteiger partial charge is 0.273 e. The van der Waals surface area contributed by atoms with Crippen molar-refractivity contribution in [3.05, 3.63) is 50.5 Å². The molecule has 0 unspecified atom stereocenters. The number of aromatic amines is 2. The third kappa shape index (κ3) is 2.14. The van der Waals surface area contributed by atoms with Gasteiger partial charge in [-0.1, -0.05) is 18.2 Å². The highest BCUT2D eigenvalue weighted by Gasteiger charge is 2.13. The van der Waals surface area contributed by atoms with E-state index in [0.717, 1.165) is 0 Å². The Morgan fingerprint density at radius 3 is 2.75 bits per heavy atom. The van der Waals surface area contributed by atoms with Gasteiger partial charge in [-0.15, -0.1) is 0 Å². The van der Waals surface area contributed by atoms with Gasteiger partial charge in [0.25, 0.3) is 5.69 Å². The largest absolute Gasteiger partial charge is 0.285 e. The molecule has 82 valence electrons. The molecular weight excluding hydrogens is 228 g/mol. The maximum Gasteiger partial charge on any atom is 0.273 e. The Hall–Kier alpha value is -2.02. The number of hydrogen-bond donors (Lipinski definition) is 2. The van der Waals surface area contributed by atoms with E-state index in [2.05, 4.69) is 15.2 Å². The van der Waals surface area contributed by atoms with Gasteiger partial charge in [-0.2, -0.15) is 0 Å². The Morgan fingerprint density at radius 2 is 2.12 bits per heavy atom. The molecule has 0 saturated heterocycles. The molecule has 0 spiro atoms. The predicted molar refractivity (Wildman–Crippen MR) is 59.7 cm³/mol. The minimum Gasteiger partial charge on any atom is -0.285 e. The van der Waals surface area contributed by atoms with Crippen molar-refractivity contribution in [1.82, 2.24) is 15.2 Å². The number of rotatable bonds is 3. The summed E-state index contributed by atoms with van der Waals surface area (Å²) < 4.78 is 0.341. The molecule has 2 rings (SSSR count). The Bertz CT molecular complexity index is 575. The first-order valence-corrected chi connectivity index (χ1v) is 4.93. The summed E-state index contributed by atoms with van der Waals surface area (Å²) in [6, 6.07) is 6.55. The zero-order valence-corrected chi connectivity index (χ0v) is 8.95. The molecule has 1 heterocycles. The van der Waals surface area contributed by atoms with Crippen LogP contribution in [0.15, 0.2) is 24.3 Å². The van der Waals surface area contributed by atoms with Gasteiger partial charge < -0.3 is 0 Å². The fourth-order valence-corrected chi connectivity index (χ4v) is 1.57. The molecule has 2 aromatic rings. The zero-order valence-electron chi connectivity index (χ0n) is 8.14. The van der Waals surface area contributed by atoms with E-state index in [9.17, 15) is 10.1 Å². The van der Waals surface area contributed by atoms with Gasteiger partial charge in [-0.05, 0) is 12.2 Å². The highest BCUT2D eigenvalue weighted by molar-refractivity contribution is 7.71. The van der Waals surface area contributed by atoms with Crippen molar-refractivity contribution in [2.24, 2.45) is 0 Å². The van der Waals surface area contributed by atoms with E-state index >= 15 is 0 Å². The van der Waals surface area contributed by atoms with Crippen LogP contribution in [0.2, 0.25) is 0 Å².